The number of aromatic nitrogens is 1. The molecule has 1 aromatic heterocycles. The second-order valence-corrected chi connectivity index (χ2v) is 7.95. The monoisotopic (exact) mass is 331 g/mol. The zero-order valence-electron chi connectivity index (χ0n) is 15.0. The van der Waals surface area contributed by atoms with Gasteiger partial charge in [0.15, 0.2) is 0 Å². The summed E-state index contributed by atoms with van der Waals surface area (Å²) in [5.74, 6) is 1.08. The number of primary amides is 1. The molecule has 24 heavy (non-hydrogen) atoms. The lowest BCUT2D eigenvalue weighted by atomic mass is 9.84. The minimum Gasteiger partial charge on any atom is -0.490 e. The van der Waals surface area contributed by atoms with Crippen molar-refractivity contribution >= 4 is 5.91 Å². The van der Waals surface area contributed by atoms with Crippen LogP contribution < -0.4 is 15.8 Å². The summed E-state index contributed by atoms with van der Waals surface area (Å²) < 4.78 is 5.90. The third-order valence-electron chi connectivity index (χ3n) is 5.49. The van der Waals surface area contributed by atoms with Crippen molar-refractivity contribution in [2.24, 2.45) is 11.7 Å². The minimum atomic E-state index is -0.484. The molecule has 0 spiro atoms. The van der Waals surface area contributed by atoms with Gasteiger partial charge in [0.2, 0.25) is 0 Å². The molecule has 2 heterocycles. The Labute approximate surface area is 144 Å². The van der Waals surface area contributed by atoms with Gasteiger partial charge in [0.25, 0.3) is 5.91 Å². The van der Waals surface area contributed by atoms with Crippen LogP contribution in [0.4, 0.5) is 0 Å². The van der Waals surface area contributed by atoms with Crippen molar-refractivity contribution in [3.8, 4) is 5.75 Å². The van der Waals surface area contributed by atoms with Gasteiger partial charge in [-0.1, -0.05) is 33.1 Å². The van der Waals surface area contributed by atoms with E-state index in [0.717, 1.165) is 22.9 Å². The molecular formula is C19H29N3O2. The molecule has 132 valence electrons. The first-order valence-corrected chi connectivity index (χ1v) is 9.09. The first-order valence-electron chi connectivity index (χ1n) is 9.09. The summed E-state index contributed by atoms with van der Waals surface area (Å²) in [4.78, 5) is 16.1. The molecule has 5 nitrogen and oxygen atoms in total. The van der Waals surface area contributed by atoms with E-state index in [1.807, 2.05) is 0 Å². The van der Waals surface area contributed by atoms with E-state index in [0.29, 0.717) is 24.9 Å². The summed E-state index contributed by atoms with van der Waals surface area (Å²) in [6.07, 6.45) is 6.65. The standard InChI is InChI=1S/C19H29N3O2/c1-12(13-7-5-4-6-8-13)21-10-14-9-15(18(20)23)22-17-16(14)24-11-19(17,2)3/h9,12-13,21H,4-8,10-11H2,1-3H3,(H2,20,23)/t12-/m0/s1. The highest BCUT2D eigenvalue weighted by Gasteiger charge is 2.36. The molecular weight excluding hydrogens is 302 g/mol. The number of amides is 1. The van der Waals surface area contributed by atoms with Gasteiger partial charge >= 0.3 is 0 Å². The van der Waals surface area contributed by atoms with Gasteiger partial charge in [-0.3, -0.25) is 4.79 Å². The average molecular weight is 331 g/mol. The molecule has 1 aromatic rings. The molecule has 3 N–H and O–H groups in total. The van der Waals surface area contributed by atoms with Gasteiger partial charge in [0.1, 0.15) is 11.4 Å². The molecule has 5 heteroatoms. The Morgan fingerprint density at radius 3 is 2.79 bits per heavy atom. The van der Waals surface area contributed by atoms with Crippen LogP contribution in [0.3, 0.4) is 0 Å². The molecule has 0 aromatic carbocycles. The van der Waals surface area contributed by atoms with Crippen LogP contribution in [0.25, 0.3) is 0 Å². The van der Waals surface area contributed by atoms with E-state index >= 15 is 0 Å². The van der Waals surface area contributed by atoms with Crippen molar-refractivity contribution < 1.29 is 9.53 Å². The molecule has 1 amide bonds. The largest absolute Gasteiger partial charge is 0.490 e. The number of nitrogens with one attached hydrogen (secondary N) is 1. The molecule has 1 saturated carbocycles. The van der Waals surface area contributed by atoms with Gasteiger partial charge in [0, 0.05) is 23.6 Å². The molecule has 3 rings (SSSR count). The van der Waals surface area contributed by atoms with Crippen LogP contribution in [0, 0.1) is 5.92 Å². The van der Waals surface area contributed by atoms with Gasteiger partial charge in [0.05, 0.1) is 12.3 Å². The Morgan fingerprint density at radius 1 is 1.42 bits per heavy atom. The van der Waals surface area contributed by atoms with Crippen LogP contribution in [0.2, 0.25) is 0 Å². The number of hydrogen-bond donors (Lipinski definition) is 2. The highest BCUT2D eigenvalue weighted by atomic mass is 16.5. The smallest absolute Gasteiger partial charge is 0.267 e. The van der Waals surface area contributed by atoms with Crippen molar-refractivity contribution in [1.82, 2.24) is 10.3 Å². The maximum absolute atomic E-state index is 11.6. The minimum absolute atomic E-state index is 0.190. The summed E-state index contributed by atoms with van der Waals surface area (Å²) in [5, 5.41) is 3.63. The summed E-state index contributed by atoms with van der Waals surface area (Å²) in [6, 6.07) is 2.24. The van der Waals surface area contributed by atoms with Gasteiger partial charge in [-0.2, -0.15) is 0 Å². The Hall–Kier alpha value is -1.62. The van der Waals surface area contributed by atoms with E-state index in [9.17, 15) is 4.79 Å². The Bertz CT molecular complexity index is 621. The quantitative estimate of drug-likeness (QED) is 0.870. The number of carbonyl (C=O) groups is 1. The van der Waals surface area contributed by atoms with Gasteiger partial charge in [-0.25, -0.2) is 4.98 Å². The average Bonchev–Trinajstić information content (AvgIpc) is 2.88. The predicted octanol–water partition coefficient (Wildman–Crippen LogP) is 2.91. The number of pyridine rings is 1. The number of nitrogens with two attached hydrogens (primary N) is 1. The molecule has 1 aliphatic heterocycles. The third-order valence-corrected chi connectivity index (χ3v) is 5.49. The molecule has 0 radical (unpaired) electrons. The first kappa shape index (κ1) is 17.2. The molecule has 1 fully saturated rings. The molecule has 0 saturated heterocycles. The molecule has 1 atom stereocenters. The fourth-order valence-corrected chi connectivity index (χ4v) is 3.86. The van der Waals surface area contributed by atoms with Crippen LogP contribution in [0.1, 0.15) is 74.6 Å². The summed E-state index contributed by atoms with van der Waals surface area (Å²) in [6.45, 7) is 7.69. The number of ether oxygens (including phenoxy) is 1. The molecule has 1 aliphatic carbocycles. The van der Waals surface area contributed by atoms with Gasteiger partial charge in [-0.05, 0) is 31.7 Å². The van der Waals surface area contributed by atoms with E-state index in [2.05, 4.69) is 31.1 Å². The number of fused-ring (bicyclic) bond motifs is 1. The highest BCUT2D eigenvalue weighted by Crippen LogP contribution is 2.39. The summed E-state index contributed by atoms with van der Waals surface area (Å²) in [7, 11) is 0. The van der Waals surface area contributed by atoms with E-state index in [-0.39, 0.29) is 5.41 Å². The van der Waals surface area contributed by atoms with Crippen molar-refractivity contribution in [2.45, 2.75) is 70.9 Å². The normalized spacial score (nSPS) is 21.1. The Morgan fingerprint density at radius 2 is 2.12 bits per heavy atom. The topological polar surface area (TPSA) is 77.2 Å². The predicted molar refractivity (Wildman–Crippen MR) is 94.2 cm³/mol. The zero-order valence-corrected chi connectivity index (χ0v) is 15.0. The van der Waals surface area contributed by atoms with E-state index < -0.39 is 5.91 Å². The second-order valence-electron chi connectivity index (χ2n) is 7.95. The Balaban J connectivity index is 1.79. The van der Waals surface area contributed by atoms with Crippen LogP contribution in [-0.2, 0) is 12.0 Å². The second kappa shape index (κ2) is 6.71. The van der Waals surface area contributed by atoms with Crippen molar-refractivity contribution in [3.05, 3.63) is 23.0 Å². The van der Waals surface area contributed by atoms with E-state index in [1.165, 1.54) is 32.1 Å². The van der Waals surface area contributed by atoms with Crippen LogP contribution in [0.5, 0.6) is 5.75 Å². The molecule has 0 bridgehead atoms. The van der Waals surface area contributed by atoms with Gasteiger partial charge < -0.3 is 15.8 Å². The summed E-state index contributed by atoms with van der Waals surface area (Å²) in [5.41, 5.74) is 7.45. The number of rotatable bonds is 5. The lowest BCUT2D eigenvalue weighted by molar-refractivity contribution is 0.0995. The van der Waals surface area contributed by atoms with E-state index in [4.69, 9.17) is 10.5 Å². The van der Waals surface area contributed by atoms with E-state index in [1.54, 1.807) is 6.07 Å². The summed E-state index contributed by atoms with van der Waals surface area (Å²) >= 11 is 0. The van der Waals surface area contributed by atoms with Crippen molar-refractivity contribution in [2.75, 3.05) is 6.61 Å². The number of nitrogens with zero attached hydrogens (tertiary/aromatic N) is 1. The third kappa shape index (κ3) is 3.41. The maximum Gasteiger partial charge on any atom is 0.267 e. The number of hydrogen-bond acceptors (Lipinski definition) is 4. The molecule has 0 unspecified atom stereocenters. The highest BCUT2D eigenvalue weighted by molar-refractivity contribution is 5.91. The van der Waals surface area contributed by atoms with Gasteiger partial charge in [-0.15, -0.1) is 0 Å². The Kier molecular flexibility index (Phi) is 4.81. The van der Waals surface area contributed by atoms with Crippen molar-refractivity contribution in [3.63, 3.8) is 0 Å². The lowest BCUT2D eigenvalue weighted by Crippen LogP contribution is -2.34. The lowest BCUT2D eigenvalue weighted by Gasteiger charge is -2.28. The fraction of sp³-hybridized carbons (Fsp3) is 0.684. The van der Waals surface area contributed by atoms with Crippen molar-refractivity contribution in [1.29, 1.82) is 0 Å². The molecule has 2 aliphatic rings. The fourth-order valence-electron chi connectivity index (χ4n) is 3.86. The van der Waals surface area contributed by atoms with Crippen LogP contribution >= 0.6 is 0 Å². The SMILES string of the molecule is C[C@H](NCc1cc(C(N)=O)nc2c1OCC2(C)C)C1CCCCC1. The maximum atomic E-state index is 11.6. The van der Waals surface area contributed by atoms with Crippen LogP contribution in [-0.4, -0.2) is 23.5 Å². The number of carbonyl (C=O) groups excluding carboxylic acids is 1. The zero-order chi connectivity index (χ0) is 17.3. The van der Waals surface area contributed by atoms with Crippen LogP contribution in [0.15, 0.2) is 6.07 Å². The first-order chi connectivity index (χ1) is 11.4.